The average molecular weight is 285 g/mol. The Balaban J connectivity index is 2.32. The summed E-state index contributed by atoms with van der Waals surface area (Å²) >= 11 is 0. The van der Waals surface area contributed by atoms with Gasteiger partial charge >= 0.3 is 6.18 Å². The second kappa shape index (κ2) is 6.39. The van der Waals surface area contributed by atoms with Crippen molar-refractivity contribution in [3.8, 4) is 0 Å². The van der Waals surface area contributed by atoms with E-state index in [2.05, 4.69) is 0 Å². The maximum Gasteiger partial charge on any atom is 0.397 e. The van der Waals surface area contributed by atoms with Gasteiger partial charge in [0.15, 0.2) is 0 Å². The Kier molecular flexibility index (Phi) is 4.81. The van der Waals surface area contributed by atoms with E-state index in [1.54, 1.807) is 23.1 Å². The first-order chi connectivity index (χ1) is 9.54. The van der Waals surface area contributed by atoms with E-state index in [1.165, 1.54) is 12.1 Å². The third-order valence-corrected chi connectivity index (χ3v) is 3.87. The Labute approximate surface area is 116 Å². The molecule has 110 valence electrons. The van der Waals surface area contributed by atoms with Crippen LogP contribution >= 0.6 is 0 Å². The third kappa shape index (κ3) is 3.39. The van der Waals surface area contributed by atoms with E-state index in [1.807, 2.05) is 0 Å². The molecule has 1 saturated heterocycles. The van der Waals surface area contributed by atoms with Crippen molar-refractivity contribution in [2.75, 3.05) is 13.1 Å². The summed E-state index contributed by atoms with van der Waals surface area (Å²) in [6.07, 6.45) is -1.50. The molecule has 20 heavy (non-hydrogen) atoms. The van der Waals surface area contributed by atoms with Crippen LogP contribution < -0.4 is 0 Å². The summed E-state index contributed by atoms with van der Waals surface area (Å²) in [6.45, 7) is 0.632. The standard InChI is InChI=1S/C15H18F3NO/c16-15(17,18)14(12-6-2-1-3-7-12)13-8-4-5-9-19(13)10-11-20/h1-3,6-7,11,13-14H,4-5,8-10H2. The van der Waals surface area contributed by atoms with Gasteiger partial charge in [-0.25, -0.2) is 0 Å². The van der Waals surface area contributed by atoms with Crippen LogP contribution in [0.5, 0.6) is 0 Å². The molecule has 2 atom stereocenters. The molecule has 2 unspecified atom stereocenters. The lowest BCUT2D eigenvalue weighted by molar-refractivity contribution is -0.168. The van der Waals surface area contributed by atoms with E-state index in [0.717, 1.165) is 12.8 Å². The van der Waals surface area contributed by atoms with Crippen molar-refractivity contribution < 1.29 is 18.0 Å². The minimum Gasteiger partial charge on any atom is -0.302 e. The predicted molar refractivity (Wildman–Crippen MR) is 70.5 cm³/mol. The van der Waals surface area contributed by atoms with E-state index >= 15 is 0 Å². The molecular formula is C15H18F3NO. The number of carbonyl (C=O) groups is 1. The zero-order valence-electron chi connectivity index (χ0n) is 11.1. The highest BCUT2D eigenvalue weighted by Gasteiger charge is 2.47. The monoisotopic (exact) mass is 285 g/mol. The van der Waals surface area contributed by atoms with Gasteiger partial charge in [-0.2, -0.15) is 13.2 Å². The van der Waals surface area contributed by atoms with Crippen LogP contribution in [-0.4, -0.2) is 36.5 Å². The Hall–Kier alpha value is -1.36. The lowest BCUT2D eigenvalue weighted by atomic mass is 9.84. The number of hydrogen-bond donors (Lipinski definition) is 0. The Morgan fingerprint density at radius 3 is 2.55 bits per heavy atom. The van der Waals surface area contributed by atoms with Crippen LogP contribution in [0.2, 0.25) is 0 Å². The Bertz CT molecular complexity index is 432. The van der Waals surface area contributed by atoms with E-state index in [0.29, 0.717) is 19.3 Å². The summed E-state index contributed by atoms with van der Waals surface area (Å²) < 4.78 is 40.5. The number of likely N-dealkylation sites (tertiary alicyclic amines) is 1. The molecule has 2 nitrogen and oxygen atoms in total. The molecule has 1 aromatic carbocycles. The van der Waals surface area contributed by atoms with Gasteiger partial charge in [-0.1, -0.05) is 36.8 Å². The quantitative estimate of drug-likeness (QED) is 0.790. The Morgan fingerprint density at radius 1 is 1.25 bits per heavy atom. The number of hydrogen-bond acceptors (Lipinski definition) is 2. The minimum absolute atomic E-state index is 0.0735. The molecule has 1 aromatic rings. The molecule has 0 bridgehead atoms. The van der Waals surface area contributed by atoms with Crippen molar-refractivity contribution in [3.05, 3.63) is 35.9 Å². The van der Waals surface area contributed by atoms with Gasteiger partial charge in [0.05, 0.1) is 12.5 Å². The van der Waals surface area contributed by atoms with Gasteiger partial charge in [0, 0.05) is 6.04 Å². The fraction of sp³-hybridized carbons (Fsp3) is 0.533. The molecule has 0 radical (unpaired) electrons. The largest absolute Gasteiger partial charge is 0.397 e. The van der Waals surface area contributed by atoms with Crippen LogP contribution in [0, 0.1) is 0 Å². The number of rotatable bonds is 4. The van der Waals surface area contributed by atoms with Gasteiger partial charge in [0.2, 0.25) is 0 Å². The van der Waals surface area contributed by atoms with Crippen LogP contribution in [0.3, 0.4) is 0 Å². The molecule has 0 N–H and O–H groups in total. The lowest BCUT2D eigenvalue weighted by Crippen LogP contribution is -2.48. The third-order valence-electron chi connectivity index (χ3n) is 3.87. The van der Waals surface area contributed by atoms with Crippen LogP contribution in [-0.2, 0) is 4.79 Å². The highest BCUT2D eigenvalue weighted by Crippen LogP contribution is 2.42. The van der Waals surface area contributed by atoms with Crippen LogP contribution in [0.25, 0.3) is 0 Å². The average Bonchev–Trinajstić information content (AvgIpc) is 2.41. The Morgan fingerprint density at radius 2 is 1.95 bits per heavy atom. The summed E-state index contributed by atoms with van der Waals surface area (Å²) in [5.41, 5.74) is 0.280. The molecule has 0 saturated carbocycles. The van der Waals surface area contributed by atoms with Crippen molar-refractivity contribution in [1.82, 2.24) is 4.90 Å². The minimum atomic E-state index is -4.30. The predicted octanol–water partition coefficient (Wildman–Crippen LogP) is 3.39. The van der Waals surface area contributed by atoms with Crippen LogP contribution in [0.15, 0.2) is 30.3 Å². The zero-order chi connectivity index (χ0) is 14.6. The lowest BCUT2D eigenvalue weighted by Gasteiger charge is -2.40. The zero-order valence-corrected chi connectivity index (χ0v) is 11.1. The summed E-state index contributed by atoms with van der Waals surface area (Å²) in [6, 6.07) is 7.36. The van der Waals surface area contributed by atoms with E-state index in [4.69, 9.17) is 0 Å². The fourth-order valence-electron chi connectivity index (χ4n) is 3.01. The number of piperidine rings is 1. The molecule has 2 rings (SSSR count). The summed E-state index contributed by atoms with van der Waals surface area (Å²) in [7, 11) is 0. The number of halogens is 3. The molecule has 0 amide bonds. The fourth-order valence-corrected chi connectivity index (χ4v) is 3.01. The molecular weight excluding hydrogens is 267 g/mol. The molecule has 0 spiro atoms. The van der Waals surface area contributed by atoms with Crippen molar-refractivity contribution in [2.45, 2.75) is 37.4 Å². The first-order valence-electron chi connectivity index (χ1n) is 6.83. The number of aldehydes is 1. The molecule has 1 fully saturated rings. The smallest absolute Gasteiger partial charge is 0.302 e. The number of alkyl halides is 3. The second-order valence-electron chi connectivity index (χ2n) is 5.15. The summed E-state index contributed by atoms with van der Waals surface area (Å²) in [5, 5.41) is 0. The second-order valence-corrected chi connectivity index (χ2v) is 5.15. The van der Waals surface area contributed by atoms with Crippen molar-refractivity contribution in [3.63, 3.8) is 0 Å². The van der Waals surface area contributed by atoms with E-state index < -0.39 is 18.1 Å². The van der Waals surface area contributed by atoms with E-state index in [9.17, 15) is 18.0 Å². The van der Waals surface area contributed by atoms with Crippen molar-refractivity contribution in [2.24, 2.45) is 0 Å². The van der Waals surface area contributed by atoms with Crippen LogP contribution in [0.1, 0.15) is 30.7 Å². The molecule has 0 aliphatic carbocycles. The number of carbonyl (C=O) groups excluding carboxylic acids is 1. The molecule has 5 heteroatoms. The van der Waals surface area contributed by atoms with Gasteiger partial charge < -0.3 is 4.79 Å². The molecule has 1 aliphatic heterocycles. The van der Waals surface area contributed by atoms with Gasteiger partial charge in [0.1, 0.15) is 6.29 Å². The number of nitrogens with zero attached hydrogens (tertiary/aromatic N) is 1. The van der Waals surface area contributed by atoms with Gasteiger partial charge in [-0.3, -0.25) is 4.90 Å². The van der Waals surface area contributed by atoms with Gasteiger partial charge in [-0.05, 0) is 24.9 Å². The van der Waals surface area contributed by atoms with Gasteiger partial charge in [-0.15, -0.1) is 0 Å². The maximum atomic E-state index is 13.5. The molecule has 1 heterocycles. The number of benzene rings is 1. The van der Waals surface area contributed by atoms with Gasteiger partial charge in [0.25, 0.3) is 0 Å². The molecule has 1 aliphatic rings. The first-order valence-corrected chi connectivity index (χ1v) is 6.83. The van der Waals surface area contributed by atoms with Crippen molar-refractivity contribution >= 4 is 6.29 Å². The molecule has 0 aromatic heterocycles. The highest BCUT2D eigenvalue weighted by atomic mass is 19.4. The van der Waals surface area contributed by atoms with E-state index in [-0.39, 0.29) is 12.1 Å². The first kappa shape index (κ1) is 15.0. The summed E-state index contributed by atoms with van der Waals surface area (Å²) in [5.74, 6) is -1.52. The highest BCUT2D eigenvalue weighted by molar-refractivity contribution is 5.52. The topological polar surface area (TPSA) is 20.3 Å². The van der Waals surface area contributed by atoms with Crippen molar-refractivity contribution in [1.29, 1.82) is 0 Å². The SMILES string of the molecule is O=CCN1CCCCC1C(c1ccccc1)C(F)(F)F. The summed E-state index contributed by atoms with van der Waals surface area (Å²) in [4.78, 5) is 12.4. The maximum absolute atomic E-state index is 13.5. The normalized spacial score (nSPS) is 22.4. The van der Waals surface area contributed by atoms with Crippen LogP contribution in [0.4, 0.5) is 13.2 Å².